The fourth-order valence-electron chi connectivity index (χ4n) is 6.27. The molecule has 8 aliphatic rings. The largest absolute Gasteiger partial charge is 0.346 e. The lowest BCUT2D eigenvalue weighted by Crippen LogP contribution is -2.32. The SMILES string of the molecule is CC.CC.CC.CC.CC.CC.CC.CN1CC2CC2C1.CN1CCC1.CN1CCCC1.CN1CCCC1=O.CN1CCCC1=O.CN1CCCC1=O.CN1CCCCC1=O. The lowest BCUT2D eigenvalue weighted by atomic mass is 10.1. The van der Waals surface area contributed by atoms with Crippen molar-refractivity contribution in [3.05, 3.63) is 0 Å². The maximum atomic E-state index is 10.7. The molecule has 2 unspecified atom stereocenters. The van der Waals surface area contributed by atoms with Crippen LogP contribution in [0.1, 0.15) is 180 Å². The van der Waals surface area contributed by atoms with E-state index in [0.717, 1.165) is 89.4 Å². The Hall–Kier alpha value is -2.24. The van der Waals surface area contributed by atoms with E-state index in [0.29, 0.717) is 23.6 Å². The van der Waals surface area contributed by atoms with Crippen LogP contribution in [0.3, 0.4) is 0 Å². The third-order valence-corrected chi connectivity index (χ3v) is 10.1. The first-order chi connectivity index (χ1) is 29.4. The molecule has 2 atom stereocenters. The van der Waals surface area contributed by atoms with Gasteiger partial charge >= 0.3 is 0 Å². The molecule has 7 saturated heterocycles. The minimum Gasteiger partial charge on any atom is -0.346 e. The third kappa shape index (κ3) is 41.5. The molecule has 0 N–H and O–H groups in total. The Labute approximate surface area is 383 Å². The van der Waals surface area contributed by atoms with E-state index in [2.05, 4.69) is 35.8 Å². The summed E-state index contributed by atoms with van der Waals surface area (Å²) in [5.74, 6) is 3.41. The van der Waals surface area contributed by atoms with Crippen LogP contribution in [0.15, 0.2) is 0 Å². The molecular weight excluding hydrogens is 763 g/mol. The summed E-state index contributed by atoms with van der Waals surface area (Å²) in [5, 5.41) is 0. The second-order valence-corrected chi connectivity index (χ2v) is 14.7. The van der Waals surface area contributed by atoms with Crippen LogP contribution in [0.5, 0.6) is 0 Å². The fraction of sp³-hybridized carbons (Fsp3) is 0.920. The van der Waals surface area contributed by atoms with E-state index < -0.39 is 0 Å². The molecule has 0 aromatic carbocycles. The van der Waals surface area contributed by atoms with Gasteiger partial charge in [0.2, 0.25) is 23.6 Å². The summed E-state index contributed by atoms with van der Waals surface area (Å²) in [6, 6.07) is 0. The highest BCUT2D eigenvalue weighted by atomic mass is 16.2. The van der Waals surface area contributed by atoms with E-state index in [1.807, 2.05) is 125 Å². The van der Waals surface area contributed by atoms with E-state index in [4.69, 9.17) is 0 Å². The molecule has 0 bridgehead atoms. The topological polar surface area (TPSA) is 91.0 Å². The average molecular weight is 874 g/mol. The van der Waals surface area contributed by atoms with Gasteiger partial charge in [0.15, 0.2) is 0 Å². The van der Waals surface area contributed by atoms with Gasteiger partial charge in [0.1, 0.15) is 0 Å². The van der Waals surface area contributed by atoms with Gasteiger partial charge < -0.3 is 34.3 Å². The van der Waals surface area contributed by atoms with E-state index >= 15 is 0 Å². The summed E-state index contributed by atoms with van der Waals surface area (Å²) < 4.78 is 0. The number of likely N-dealkylation sites (tertiary alicyclic amines) is 7. The summed E-state index contributed by atoms with van der Waals surface area (Å²) in [5.41, 5.74) is 0. The number of carbonyl (C=O) groups is 4. The molecule has 1 saturated carbocycles. The lowest BCUT2D eigenvalue weighted by Gasteiger charge is -2.24. The van der Waals surface area contributed by atoms with E-state index in [1.54, 1.807) is 19.6 Å². The highest BCUT2D eigenvalue weighted by molar-refractivity contribution is 5.78. The Morgan fingerprint density at radius 2 is 0.525 bits per heavy atom. The molecule has 11 nitrogen and oxygen atoms in total. The Kier molecular flexibility index (Phi) is 60.2. The van der Waals surface area contributed by atoms with Gasteiger partial charge in [0.25, 0.3) is 0 Å². The average Bonchev–Trinajstić information content (AvgIpc) is 3.89. The highest BCUT2D eigenvalue weighted by Crippen LogP contribution is 2.44. The molecule has 7 heterocycles. The number of nitrogens with zero attached hydrogens (tertiary/aromatic N) is 7. The summed E-state index contributed by atoms with van der Waals surface area (Å²) in [7, 11) is 13.9. The predicted octanol–water partition coefficient (Wildman–Crippen LogP) is 10.1. The summed E-state index contributed by atoms with van der Waals surface area (Å²) >= 11 is 0. The first kappa shape index (κ1) is 70.4. The van der Waals surface area contributed by atoms with Crippen molar-refractivity contribution in [1.82, 2.24) is 34.3 Å². The summed E-state index contributed by atoms with van der Waals surface area (Å²) in [6.07, 6.45) is 14.2. The molecule has 11 heteroatoms. The molecule has 1 aliphatic carbocycles. The fourth-order valence-corrected chi connectivity index (χ4v) is 6.27. The molecule has 0 aromatic heterocycles. The Bertz CT molecular complexity index is 878. The summed E-state index contributed by atoms with van der Waals surface area (Å²) in [6.45, 7) is 39.9. The van der Waals surface area contributed by atoms with Crippen LogP contribution in [0.2, 0.25) is 0 Å². The quantitative estimate of drug-likeness (QED) is 0.239. The number of rotatable bonds is 0. The van der Waals surface area contributed by atoms with Gasteiger partial charge in [0, 0.05) is 93.1 Å². The van der Waals surface area contributed by atoms with Gasteiger partial charge in [-0.25, -0.2) is 0 Å². The van der Waals surface area contributed by atoms with Crippen molar-refractivity contribution < 1.29 is 19.2 Å². The number of carbonyl (C=O) groups excluding carboxylic acids is 4. The van der Waals surface area contributed by atoms with Crippen LogP contribution >= 0.6 is 0 Å². The maximum absolute atomic E-state index is 10.7. The second-order valence-electron chi connectivity index (χ2n) is 14.7. The van der Waals surface area contributed by atoms with Crippen LogP contribution in [-0.4, -0.2) is 173 Å². The van der Waals surface area contributed by atoms with E-state index in [1.165, 1.54) is 71.4 Å². The van der Waals surface area contributed by atoms with Crippen molar-refractivity contribution >= 4 is 23.6 Å². The standard InChI is InChI=1S/C6H11NO.C6H11N.3C5H9NO.C5H11N.C4H9N.7C2H6/c1-7-5-3-2-4-6(7)8;1-7-3-5-2-6(5)4-7;3*1-6-4-2-3-5(6)7;1-6-4-2-3-5-6;1-5-3-2-4-5;7*1-2/h2-5H2,1H3;5-6H,2-4H2,1H3;3*2-4H2,1H3;2-5H2,1H3;2-4H2,1H3;7*1-2H3. The van der Waals surface area contributed by atoms with Crippen molar-refractivity contribution in [3.63, 3.8) is 0 Å². The Balaban J connectivity index is -0.000000138. The smallest absolute Gasteiger partial charge is 0.222 e. The van der Waals surface area contributed by atoms with Crippen LogP contribution < -0.4 is 0 Å². The lowest BCUT2D eigenvalue weighted by molar-refractivity contribution is -0.132. The molecule has 61 heavy (non-hydrogen) atoms. The molecular formula is C50H111N7O4. The molecule has 8 rings (SSSR count). The van der Waals surface area contributed by atoms with Gasteiger partial charge in [-0.15, -0.1) is 0 Å². The molecule has 0 spiro atoms. The molecule has 0 aromatic rings. The number of hydrogen-bond acceptors (Lipinski definition) is 7. The molecule has 8 fully saturated rings. The maximum Gasteiger partial charge on any atom is 0.222 e. The number of hydrogen-bond donors (Lipinski definition) is 0. The first-order valence-corrected chi connectivity index (χ1v) is 25.4. The first-order valence-electron chi connectivity index (χ1n) is 25.4. The van der Waals surface area contributed by atoms with Crippen LogP contribution in [0, 0.1) is 11.8 Å². The van der Waals surface area contributed by atoms with Gasteiger partial charge in [-0.2, -0.15) is 0 Å². The van der Waals surface area contributed by atoms with Gasteiger partial charge in [-0.1, -0.05) is 96.9 Å². The minimum absolute atomic E-state index is 0.292. The van der Waals surface area contributed by atoms with Gasteiger partial charge in [-0.05, 0) is 117 Å². The minimum atomic E-state index is 0.292. The zero-order chi connectivity index (χ0) is 48.8. The highest BCUT2D eigenvalue weighted by Gasteiger charge is 2.43. The zero-order valence-corrected chi connectivity index (χ0v) is 45.2. The molecule has 0 radical (unpaired) electrons. The number of fused-ring (bicyclic) bond motifs is 1. The Morgan fingerprint density at radius 3 is 0.639 bits per heavy atom. The van der Waals surface area contributed by atoms with Gasteiger partial charge in [0.05, 0.1) is 0 Å². The van der Waals surface area contributed by atoms with Crippen LogP contribution in [0.4, 0.5) is 0 Å². The number of amides is 4. The normalized spacial score (nSPS) is 21.1. The van der Waals surface area contributed by atoms with Gasteiger partial charge in [-0.3, -0.25) is 19.2 Å². The molecule has 4 amide bonds. The second kappa shape index (κ2) is 52.1. The monoisotopic (exact) mass is 874 g/mol. The Morgan fingerprint density at radius 1 is 0.295 bits per heavy atom. The summed E-state index contributed by atoms with van der Waals surface area (Å²) in [4.78, 5) is 56.4. The van der Waals surface area contributed by atoms with Crippen molar-refractivity contribution in [2.45, 2.75) is 180 Å². The molecule has 7 aliphatic heterocycles. The van der Waals surface area contributed by atoms with E-state index in [9.17, 15) is 19.2 Å². The van der Waals surface area contributed by atoms with E-state index in [-0.39, 0.29) is 0 Å². The van der Waals surface area contributed by atoms with Crippen molar-refractivity contribution in [2.24, 2.45) is 11.8 Å². The number of piperidine rings is 2. The van der Waals surface area contributed by atoms with Crippen molar-refractivity contribution in [3.8, 4) is 0 Å². The van der Waals surface area contributed by atoms with Crippen LogP contribution in [-0.2, 0) is 19.2 Å². The zero-order valence-electron chi connectivity index (χ0n) is 45.2. The predicted molar refractivity (Wildman–Crippen MR) is 269 cm³/mol. The van der Waals surface area contributed by atoms with Crippen LogP contribution in [0.25, 0.3) is 0 Å². The van der Waals surface area contributed by atoms with Crippen molar-refractivity contribution in [2.75, 3.05) is 115 Å². The third-order valence-electron chi connectivity index (χ3n) is 10.1. The van der Waals surface area contributed by atoms with Crippen molar-refractivity contribution in [1.29, 1.82) is 0 Å². The molecule has 370 valence electrons.